The van der Waals surface area contributed by atoms with Crippen LogP contribution in [0.4, 0.5) is 5.69 Å². The Labute approximate surface area is 79.9 Å². The van der Waals surface area contributed by atoms with Crippen molar-refractivity contribution in [2.75, 3.05) is 0 Å². The minimum Gasteiger partial charge on any atom is -0.353 e. The standard InChI is InChI=1S/C9H9N3O2/c1-5-3-8-7(4-10-5)9(12(13)14)6(2)11-8/h3-4,11H,1-2H3. The second-order valence-corrected chi connectivity index (χ2v) is 3.23. The number of hydrogen-bond donors (Lipinski definition) is 1. The van der Waals surface area contributed by atoms with E-state index in [1.807, 2.05) is 6.92 Å². The molecule has 2 aromatic rings. The topological polar surface area (TPSA) is 71.8 Å². The molecule has 0 fully saturated rings. The second kappa shape index (κ2) is 2.80. The van der Waals surface area contributed by atoms with E-state index in [9.17, 15) is 10.1 Å². The van der Waals surface area contributed by atoms with Gasteiger partial charge in [-0.2, -0.15) is 0 Å². The van der Waals surface area contributed by atoms with Gasteiger partial charge in [-0.15, -0.1) is 0 Å². The molecule has 2 rings (SSSR count). The second-order valence-electron chi connectivity index (χ2n) is 3.23. The van der Waals surface area contributed by atoms with E-state index < -0.39 is 0 Å². The highest BCUT2D eigenvalue weighted by molar-refractivity contribution is 5.90. The number of H-pyrrole nitrogens is 1. The first kappa shape index (κ1) is 8.68. The first-order chi connectivity index (χ1) is 6.59. The van der Waals surface area contributed by atoms with Gasteiger partial charge in [0.25, 0.3) is 5.69 Å². The highest BCUT2D eigenvalue weighted by Gasteiger charge is 2.18. The van der Waals surface area contributed by atoms with Crippen LogP contribution in [0.5, 0.6) is 0 Å². The summed E-state index contributed by atoms with van der Waals surface area (Å²) in [5.41, 5.74) is 2.29. The van der Waals surface area contributed by atoms with Gasteiger partial charge in [0.2, 0.25) is 0 Å². The van der Waals surface area contributed by atoms with Gasteiger partial charge in [0, 0.05) is 11.9 Å². The number of aromatic nitrogens is 2. The smallest absolute Gasteiger partial charge is 0.298 e. The molecule has 0 aromatic carbocycles. The van der Waals surface area contributed by atoms with Crippen LogP contribution >= 0.6 is 0 Å². The summed E-state index contributed by atoms with van der Waals surface area (Å²) >= 11 is 0. The third kappa shape index (κ3) is 1.14. The summed E-state index contributed by atoms with van der Waals surface area (Å²) in [6, 6.07) is 1.80. The van der Waals surface area contributed by atoms with Crippen LogP contribution in [-0.2, 0) is 0 Å². The Bertz CT molecular complexity index is 516. The van der Waals surface area contributed by atoms with Gasteiger partial charge in [-0.3, -0.25) is 15.1 Å². The summed E-state index contributed by atoms with van der Waals surface area (Å²) in [5, 5.41) is 11.3. The molecule has 0 unspecified atom stereocenters. The molecule has 0 aliphatic carbocycles. The van der Waals surface area contributed by atoms with Crippen LogP contribution < -0.4 is 0 Å². The lowest BCUT2D eigenvalue weighted by Gasteiger charge is -1.91. The Balaban J connectivity index is 2.84. The number of nitrogens with zero attached hydrogens (tertiary/aromatic N) is 2. The molecule has 0 saturated carbocycles. The molecule has 0 aliphatic heterocycles. The van der Waals surface area contributed by atoms with Gasteiger partial charge in [-0.1, -0.05) is 0 Å². The van der Waals surface area contributed by atoms with Gasteiger partial charge in [0.15, 0.2) is 0 Å². The monoisotopic (exact) mass is 191 g/mol. The van der Waals surface area contributed by atoms with E-state index in [2.05, 4.69) is 9.97 Å². The molecular weight excluding hydrogens is 182 g/mol. The minimum atomic E-state index is -0.384. The Hall–Kier alpha value is -1.91. The zero-order chi connectivity index (χ0) is 10.3. The van der Waals surface area contributed by atoms with Crippen molar-refractivity contribution >= 4 is 16.6 Å². The first-order valence-electron chi connectivity index (χ1n) is 4.19. The summed E-state index contributed by atoms with van der Waals surface area (Å²) < 4.78 is 0. The van der Waals surface area contributed by atoms with E-state index in [-0.39, 0.29) is 10.6 Å². The molecular formula is C9H9N3O2. The predicted molar refractivity (Wildman–Crippen MR) is 52.2 cm³/mol. The van der Waals surface area contributed by atoms with Crippen molar-refractivity contribution in [2.45, 2.75) is 13.8 Å². The van der Waals surface area contributed by atoms with Gasteiger partial charge >= 0.3 is 0 Å². The van der Waals surface area contributed by atoms with Gasteiger partial charge in [-0.25, -0.2) is 0 Å². The van der Waals surface area contributed by atoms with Crippen LogP contribution in [0, 0.1) is 24.0 Å². The molecule has 0 amide bonds. The molecule has 2 heterocycles. The van der Waals surface area contributed by atoms with Crippen molar-refractivity contribution in [3.05, 3.63) is 33.8 Å². The van der Waals surface area contributed by atoms with E-state index in [4.69, 9.17) is 0 Å². The van der Waals surface area contributed by atoms with Crippen molar-refractivity contribution in [2.24, 2.45) is 0 Å². The Morgan fingerprint density at radius 3 is 2.86 bits per heavy atom. The van der Waals surface area contributed by atoms with Crippen LogP contribution in [0.1, 0.15) is 11.4 Å². The summed E-state index contributed by atoms with van der Waals surface area (Å²) in [5.74, 6) is 0. The van der Waals surface area contributed by atoms with Crippen molar-refractivity contribution in [1.82, 2.24) is 9.97 Å². The van der Waals surface area contributed by atoms with Crippen LogP contribution in [0.3, 0.4) is 0 Å². The fraction of sp³-hybridized carbons (Fsp3) is 0.222. The molecule has 0 saturated heterocycles. The molecule has 0 atom stereocenters. The Morgan fingerprint density at radius 2 is 2.21 bits per heavy atom. The maximum atomic E-state index is 10.7. The lowest BCUT2D eigenvalue weighted by atomic mass is 10.2. The molecule has 72 valence electrons. The van der Waals surface area contributed by atoms with E-state index in [0.717, 1.165) is 11.2 Å². The number of aromatic amines is 1. The van der Waals surface area contributed by atoms with Crippen LogP contribution in [0.15, 0.2) is 12.3 Å². The number of rotatable bonds is 1. The molecule has 5 nitrogen and oxygen atoms in total. The first-order valence-corrected chi connectivity index (χ1v) is 4.19. The van der Waals surface area contributed by atoms with Gasteiger partial charge in [-0.05, 0) is 19.9 Å². The zero-order valence-corrected chi connectivity index (χ0v) is 7.87. The summed E-state index contributed by atoms with van der Waals surface area (Å²) in [6.07, 6.45) is 1.53. The highest BCUT2D eigenvalue weighted by Crippen LogP contribution is 2.28. The van der Waals surface area contributed by atoms with Crippen molar-refractivity contribution in [3.8, 4) is 0 Å². The number of fused-ring (bicyclic) bond motifs is 1. The number of nitrogens with one attached hydrogen (secondary N) is 1. The highest BCUT2D eigenvalue weighted by atomic mass is 16.6. The largest absolute Gasteiger partial charge is 0.353 e. The van der Waals surface area contributed by atoms with E-state index in [0.29, 0.717) is 11.1 Å². The van der Waals surface area contributed by atoms with Crippen LogP contribution in [0.2, 0.25) is 0 Å². The Kier molecular flexibility index (Phi) is 1.73. The third-order valence-electron chi connectivity index (χ3n) is 2.16. The maximum Gasteiger partial charge on any atom is 0.298 e. The summed E-state index contributed by atoms with van der Waals surface area (Å²) in [6.45, 7) is 3.54. The normalized spacial score (nSPS) is 10.7. The minimum absolute atomic E-state index is 0.118. The molecule has 0 aliphatic rings. The fourth-order valence-corrected chi connectivity index (χ4v) is 1.55. The Morgan fingerprint density at radius 1 is 1.50 bits per heavy atom. The van der Waals surface area contributed by atoms with Crippen LogP contribution in [-0.4, -0.2) is 14.9 Å². The molecule has 5 heteroatoms. The average Bonchev–Trinajstić information content (AvgIpc) is 2.39. The maximum absolute atomic E-state index is 10.7. The SMILES string of the molecule is Cc1cc2[nH]c(C)c([N+](=O)[O-])c2cn1. The quantitative estimate of drug-likeness (QED) is 0.554. The van der Waals surface area contributed by atoms with Gasteiger partial charge < -0.3 is 4.98 Å². The van der Waals surface area contributed by atoms with Gasteiger partial charge in [0.05, 0.1) is 21.5 Å². The van der Waals surface area contributed by atoms with Crippen molar-refractivity contribution < 1.29 is 4.92 Å². The predicted octanol–water partition coefficient (Wildman–Crippen LogP) is 2.09. The molecule has 0 spiro atoms. The van der Waals surface area contributed by atoms with Crippen molar-refractivity contribution in [3.63, 3.8) is 0 Å². The molecule has 14 heavy (non-hydrogen) atoms. The molecule has 0 bridgehead atoms. The van der Waals surface area contributed by atoms with Crippen molar-refractivity contribution in [1.29, 1.82) is 0 Å². The summed E-state index contributed by atoms with van der Waals surface area (Å²) in [7, 11) is 0. The lowest BCUT2D eigenvalue weighted by molar-refractivity contribution is -0.383. The van der Waals surface area contributed by atoms with E-state index in [1.54, 1.807) is 13.0 Å². The number of pyridine rings is 1. The average molecular weight is 191 g/mol. The third-order valence-corrected chi connectivity index (χ3v) is 2.16. The van der Waals surface area contributed by atoms with E-state index >= 15 is 0 Å². The zero-order valence-electron chi connectivity index (χ0n) is 7.87. The number of aryl methyl sites for hydroxylation is 2. The van der Waals surface area contributed by atoms with Gasteiger partial charge in [0.1, 0.15) is 0 Å². The van der Waals surface area contributed by atoms with E-state index in [1.165, 1.54) is 6.20 Å². The molecule has 2 aromatic heterocycles. The van der Waals surface area contributed by atoms with Crippen LogP contribution in [0.25, 0.3) is 10.9 Å². The molecule has 0 radical (unpaired) electrons. The number of nitro groups is 1. The number of hydrogen-bond acceptors (Lipinski definition) is 3. The molecule has 1 N–H and O–H groups in total. The fourth-order valence-electron chi connectivity index (χ4n) is 1.55. The lowest BCUT2D eigenvalue weighted by Crippen LogP contribution is -1.88. The summed E-state index contributed by atoms with van der Waals surface area (Å²) in [4.78, 5) is 17.4.